The van der Waals surface area contributed by atoms with Gasteiger partial charge in [0.1, 0.15) is 12.1 Å². The third kappa shape index (κ3) is 6.66. The number of halogens is 3. The van der Waals surface area contributed by atoms with Crippen molar-refractivity contribution >= 4 is 17.7 Å². The number of alkyl halides is 3. The first-order chi connectivity index (χ1) is 14.6. The van der Waals surface area contributed by atoms with Crippen molar-refractivity contribution in [3.63, 3.8) is 0 Å². The summed E-state index contributed by atoms with van der Waals surface area (Å²) < 4.78 is 42.7. The number of anilines is 1. The summed E-state index contributed by atoms with van der Waals surface area (Å²) in [6.45, 7) is 4.34. The van der Waals surface area contributed by atoms with E-state index in [1.54, 1.807) is 14.2 Å². The third-order valence-corrected chi connectivity index (χ3v) is 5.26. The number of nitrogens with one attached hydrogen (secondary N) is 1. The summed E-state index contributed by atoms with van der Waals surface area (Å²) in [6, 6.07) is 1.86. The standard InChI is InChI=1S/C16H25N5O3.C2HF3O2/c1-17-14(22)10-21-7-8-24-11-16(21)3-5-20(6-4-16)13-9-15(23-2)19-12-18-13;3-2(4,5)1(6)7/h9,12H,3-8,10-11H2,1-2H3,(H,17,22);(H,6,7). The lowest BCUT2D eigenvalue weighted by molar-refractivity contribution is -0.192. The lowest BCUT2D eigenvalue weighted by Gasteiger charge is -2.51. The quantitative estimate of drug-likeness (QED) is 0.679. The van der Waals surface area contributed by atoms with Crippen molar-refractivity contribution in [3.05, 3.63) is 12.4 Å². The number of hydrogen-bond acceptors (Lipinski definition) is 8. The summed E-state index contributed by atoms with van der Waals surface area (Å²) in [5, 5.41) is 9.84. The number of amides is 1. The number of aliphatic carboxylic acids is 1. The number of piperidine rings is 1. The molecule has 0 atom stereocenters. The Labute approximate surface area is 177 Å². The molecule has 0 saturated carbocycles. The van der Waals surface area contributed by atoms with Gasteiger partial charge in [-0.25, -0.2) is 14.8 Å². The monoisotopic (exact) mass is 449 g/mol. The van der Waals surface area contributed by atoms with Crippen LogP contribution in [-0.2, 0) is 14.3 Å². The molecule has 1 spiro atoms. The van der Waals surface area contributed by atoms with E-state index in [1.807, 2.05) is 6.07 Å². The van der Waals surface area contributed by atoms with Crippen LogP contribution in [0.5, 0.6) is 5.88 Å². The van der Waals surface area contributed by atoms with E-state index < -0.39 is 12.1 Å². The van der Waals surface area contributed by atoms with E-state index >= 15 is 0 Å². The molecule has 3 heterocycles. The van der Waals surface area contributed by atoms with E-state index in [1.165, 1.54) is 6.33 Å². The Bertz CT molecular complexity index is 756. The summed E-state index contributed by atoms with van der Waals surface area (Å²) in [6.07, 6.45) is -1.67. The van der Waals surface area contributed by atoms with Gasteiger partial charge in [0.2, 0.25) is 11.8 Å². The molecule has 13 heteroatoms. The van der Waals surface area contributed by atoms with Crippen molar-refractivity contribution in [1.82, 2.24) is 20.2 Å². The van der Waals surface area contributed by atoms with Crippen molar-refractivity contribution in [1.29, 1.82) is 0 Å². The molecule has 0 aliphatic carbocycles. The van der Waals surface area contributed by atoms with Gasteiger partial charge in [0.25, 0.3) is 0 Å². The second kappa shape index (κ2) is 10.6. The maximum atomic E-state index is 11.8. The minimum Gasteiger partial charge on any atom is -0.481 e. The molecule has 3 rings (SSSR count). The molecule has 31 heavy (non-hydrogen) atoms. The van der Waals surface area contributed by atoms with Gasteiger partial charge >= 0.3 is 12.1 Å². The highest BCUT2D eigenvalue weighted by Crippen LogP contribution is 2.33. The molecular weight excluding hydrogens is 423 g/mol. The lowest BCUT2D eigenvalue weighted by Crippen LogP contribution is -2.63. The first-order valence-electron chi connectivity index (χ1n) is 9.56. The molecule has 0 unspecified atom stereocenters. The fourth-order valence-electron chi connectivity index (χ4n) is 3.49. The highest BCUT2D eigenvalue weighted by molar-refractivity contribution is 5.77. The van der Waals surface area contributed by atoms with Crippen molar-refractivity contribution in [3.8, 4) is 5.88 Å². The van der Waals surface area contributed by atoms with Crippen LogP contribution in [0.4, 0.5) is 19.0 Å². The van der Waals surface area contributed by atoms with Gasteiger partial charge in [0.15, 0.2) is 0 Å². The molecule has 1 aromatic rings. The van der Waals surface area contributed by atoms with E-state index in [-0.39, 0.29) is 11.4 Å². The zero-order valence-corrected chi connectivity index (χ0v) is 17.3. The molecular formula is C18H26F3N5O5. The number of carboxylic acids is 1. The number of carboxylic acid groups (broad SMARTS) is 1. The van der Waals surface area contributed by atoms with Crippen LogP contribution in [0.2, 0.25) is 0 Å². The van der Waals surface area contributed by atoms with Gasteiger partial charge in [-0.05, 0) is 12.8 Å². The second-order valence-electron chi connectivity index (χ2n) is 7.08. The molecule has 0 aromatic carbocycles. The van der Waals surface area contributed by atoms with Crippen molar-refractivity contribution in [2.45, 2.75) is 24.6 Å². The Kier molecular flexibility index (Phi) is 8.39. The molecule has 1 aromatic heterocycles. The van der Waals surface area contributed by atoms with Gasteiger partial charge < -0.3 is 24.8 Å². The predicted octanol–water partition coefficient (Wildman–Crippen LogP) is 0.536. The van der Waals surface area contributed by atoms with Crippen LogP contribution in [0.15, 0.2) is 12.4 Å². The summed E-state index contributed by atoms with van der Waals surface area (Å²) in [4.78, 5) is 33.7. The van der Waals surface area contributed by atoms with Crippen LogP contribution in [0.25, 0.3) is 0 Å². The molecule has 2 aliphatic heterocycles. The van der Waals surface area contributed by atoms with Gasteiger partial charge in [-0.15, -0.1) is 0 Å². The van der Waals surface area contributed by atoms with Gasteiger partial charge in [0, 0.05) is 38.3 Å². The summed E-state index contributed by atoms with van der Waals surface area (Å²) in [5.74, 6) is -1.25. The Hall–Kier alpha value is -2.67. The zero-order chi connectivity index (χ0) is 23.1. The Morgan fingerprint density at radius 1 is 1.29 bits per heavy atom. The number of likely N-dealkylation sites (N-methyl/N-ethyl adjacent to an activating group) is 1. The molecule has 174 valence electrons. The summed E-state index contributed by atoms with van der Waals surface area (Å²) in [7, 11) is 3.29. The molecule has 0 radical (unpaired) electrons. The number of aromatic nitrogens is 2. The van der Waals surface area contributed by atoms with Gasteiger partial charge in [-0.3, -0.25) is 9.69 Å². The number of hydrogen-bond donors (Lipinski definition) is 2. The number of carbonyl (C=O) groups excluding carboxylic acids is 1. The number of carbonyl (C=O) groups is 2. The number of morpholine rings is 1. The average molecular weight is 449 g/mol. The number of ether oxygens (including phenoxy) is 2. The minimum atomic E-state index is -5.08. The highest BCUT2D eigenvalue weighted by atomic mass is 19.4. The van der Waals surface area contributed by atoms with E-state index in [9.17, 15) is 18.0 Å². The van der Waals surface area contributed by atoms with Crippen LogP contribution in [0.1, 0.15) is 12.8 Å². The Morgan fingerprint density at radius 3 is 2.48 bits per heavy atom. The van der Waals surface area contributed by atoms with E-state index in [4.69, 9.17) is 19.4 Å². The van der Waals surface area contributed by atoms with Crippen LogP contribution in [0.3, 0.4) is 0 Å². The summed E-state index contributed by atoms with van der Waals surface area (Å²) in [5.41, 5.74) is -0.0572. The Balaban J connectivity index is 0.000000423. The van der Waals surface area contributed by atoms with Crippen LogP contribution in [0, 0.1) is 0 Å². The van der Waals surface area contributed by atoms with Gasteiger partial charge in [-0.1, -0.05) is 0 Å². The third-order valence-electron chi connectivity index (χ3n) is 5.26. The molecule has 10 nitrogen and oxygen atoms in total. The predicted molar refractivity (Wildman–Crippen MR) is 103 cm³/mol. The molecule has 2 fully saturated rings. The van der Waals surface area contributed by atoms with Crippen molar-refractivity contribution < 1.29 is 37.3 Å². The molecule has 2 saturated heterocycles. The van der Waals surface area contributed by atoms with E-state index in [0.717, 1.165) is 38.3 Å². The number of nitrogens with zero attached hydrogens (tertiary/aromatic N) is 4. The van der Waals surface area contributed by atoms with Gasteiger partial charge in [0.05, 0.1) is 26.9 Å². The maximum Gasteiger partial charge on any atom is 0.490 e. The van der Waals surface area contributed by atoms with Crippen LogP contribution < -0.4 is 15.0 Å². The van der Waals surface area contributed by atoms with E-state index in [2.05, 4.69) is 25.1 Å². The first kappa shape index (κ1) is 24.6. The van der Waals surface area contributed by atoms with E-state index in [0.29, 0.717) is 25.6 Å². The molecule has 2 aliphatic rings. The fraction of sp³-hybridized carbons (Fsp3) is 0.667. The van der Waals surface area contributed by atoms with Gasteiger partial charge in [-0.2, -0.15) is 13.2 Å². The first-order valence-corrected chi connectivity index (χ1v) is 9.56. The smallest absolute Gasteiger partial charge is 0.481 e. The number of rotatable bonds is 4. The minimum absolute atomic E-state index is 0.0549. The zero-order valence-electron chi connectivity index (χ0n) is 17.3. The topological polar surface area (TPSA) is 117 Å². The average Bonchev–Trinajstić information content (AvgIpc) is 2.75. The maximum absolute atomic E-state index is 11.8. The molecule has 1 amide bonds. The van der Waals surface area contributed by atoms with Crippen LogP contribution in [-0.4, -0.2) is 97.1 Å². The second-order valence-corrected chi connectivity index (χ2v) is 7.08. The van der Waals surface area contributed by atoms with Crippen LogP contribution >= 0.6 is 0 Å². The fourth-order valence-corrected chi connectivity index (χ4v) is 3.49. The Morgan fingerprint density at radius 2 is 1.94 bits per heavy atom. The van der Waals surface area contributed by atoms with Crippen molar-refractivity contribution in [2.75, 3.05) is 58.5 Å². The molecule has 0 bridgehead atoms. The molecule has 2 N–H and O–H groups in total. The normalized spacial score (nSPS) is 18.7. The largest absolute Gasteiger partial charge is 0.490 e. The SMILES string of the molecule is CNC(=O)CN1CCOCC12CCN(c1cc(OC)ncn1)CC2.O=C(O)C(F)(F)F. The number of methoxy groups -OCH3 is 1. The van der Waals surface area contributed by atoms with Crippen molar-refractivity contribution in [2.24, 2.45) is 0 Å². The lowest BCUT2D eigenvalue weighted by atomic mass is 9.85. The summed E-state index contributed by atoms with van der Waals surface area (Å²) >= 11 is 0. The highest BCUT2D eigenvalue weighted by Gasteiger charge is 2.43.